The second kappa shape index (κ2) is 7.90. The predicted octanol–water partition coefficient (Wildman–Crippen LogP) is 0.0957. The van der Waals surface area contributed by atoms with E-state index in [0.29, 0.717) is 36.1 Å². The van der Waals surface area contributed by atoms with Crippen molar-refractivity contribution < 1.29 is 9.47 Å². The number of ether oxygens (including phenoxy) is 2. The summed E-state index contributed by atoms with van der Waals surface area (Å²) in [5.74, 6) is 0.886. The van der Waals surface area contributed by atoms with E-state index in [-0.39, 0.29) is 11.7 Å². The molecule has 3 rings (SSSR count). The Labute approximate surface area is 146 Å². The number of likely N-dealkylation sites (tertiary alicyclic amines) is 1. The quantitative estimate of drug-likeness (QED) is 0.791. The molecule has 1 saturated heterocycles. The van der Waals surface area contributed by atoms with Gasteiger partial charge in [0.25, 0.3) is 5.56 Å². The van der Waals surface area contributed by atoms with Crippen molar-refractivity contribution in [1.29, 1.82) is 0 Å². The number of pyridine rings is 1. The van der Waals surface area contributed by atoms with Crippen LogP contribution < -0.4 is 16.0 Å². The van der Waals surface area contributed by atoms with E-state index < -0.39 is 0 Å². The van der Waals surface area contributed by atoms with Gasteiger partial charge in [0.05, 0.1) is 19.4 Å². The zero-order valence-electron chi connectivity index (χ0n) is 14.7. The Bertz CT molecular complexity index is 766. The highest BCUT2D eigenvalue weighted by molar-refractivity contribution is 5.70. The molecule has 0 spiro atoms. The Morgan fingerprint density at radius 2 is 2.12 bits per heavy atom. The van der Waals surface area contributed by atoms with Gasteiger partial charge in [0.15, 0.2) is 5.65 Å². The van der Waals surface area contributed by atoms with Gasteiger partial charge < -0.3 is 15.2 Å². The topological polar surface area (TPSA) is 95.5 Å². The van der Waals surface area contributed by atoms with Gasteiger partial charge in [0.2, 0.25) is 5.88 Å². The summed E-state index contributed by atoms with van der Waals surface area (Å²) < 4.78 is 12.4. The first kappa shape index (κ1) is 17.8. The zero-order chi connectivity index (χ0) is 17.8. The van der Waals surface area contributed by atoms with E-state index in [0.717, 1.165) is 26.1 Å². The maximum atomic E-state index is 12.3. The molecular formula is C17H25N5O3. The third-order valence-corrected chi connectivity index (χ3v) is 4.75. The van der Waals surface area contributed by atoms with Crippen molar-refractivity contribution >= 4 is 11.2 Å². The standard InChI is InChI=1S/C17H25N5O3/c1-24-13-7-12(8-18)10-21(11-13)5-6-22-16(23)9-19-14-3-4-15(25-2)20-17(14)22/h3-4,9,12-13H,5-8,10-11,18H2,1-2H3/t12-,13-/m1/s1. The summed E-state index contributed by atoms with van der Waals surface area (Å²) in [6.07, 6.45) is 2.51. The van der Waals surface area contributed by atoms with E-state index in [1.165, 1.54) is 6.20 Å². The van der Waals surface area contributed by atoms with Crippen LogP contribution in [0.15, 0.2) is 23.1 Å². The second-order valence-corrected chi connectivity index (χ2v) is 6.40. The number of piperidine rings is 1. The number of nitrogens with zero attached hydrogens (tertiary/aromatic N) is 4. The zero-order valence-corrected chi connectivity index (χ0v) is 14.7. The molecule has 0 saturated carbocycles. The highest BCUT2D eigenvalue weighted by Crippen LogP contribution is 2.18. The Hall–Kier alpha value is -2.03. The molecule has 0 amide bonds. The van der Waals surface area contributed by atoms with Gasteiger partial charge >= 0.3 is 0 Å². The van der Waals surface area contributed by atoms with E-state index in [2.05, 4.69) is 14.9 Å². The lowest BCUT2D eigenvalue weighted by Crippen LogP contribution is -2.47. The van der Waals surface area contributed by atoms with Crippen LogP contribution >= 0.6 is 0 Å². The van der Waals surface area contributed by atoms with Crippen LogP contribution in [-0.4, -0.2) is 65.9 Å². The summed E-state index contributed by atoms with van der Waals surface area (Å²) in [5, 5.41) is 0. The molecule has 1 aliphatic heterocycles. The van der Waals surface area contributed by atoms with Gasteiger partial charge in [-0.15, -0.1) is 0 Å². The Balaban J connectivity index is 1.80. The lowest BCUT2D eigenvalue weighted by molar-refractivity contribution is 0.00811. The SMILES string of the molecule is COc1ccc2ncc(=O)n(CCN3C[C@@H](CN)C[C@@H](OC)C3)c2n1. The van der Waals surface area contributed by atoms with E-state index in [4.69, 9.17) is 15.2 Å². The number of rotatable bonds is 6. The van der Waals surface area contributed by atoms with Gasteiger partial charge in [-0.3, -0.25) is 14.3 Å². The van der Waals surface area contributed by atoms with Crippen molar-refractivity contribution in [3.63, 3.8) is 0 Å². The third kappa shape index (κ3) is 3.97. The molecule has 0 radical (unpaired) electrons. The first-order valence-corrected chi connectivity index (χ1v) is 8.50. The van der Waals surface area contributed by atoms with Crippen LogP contribution in [0.1, 0.15) is 6.42 Å². The van der Waals surface area contributed by atoms with Gasteiger partial charge in [-0.05, 0) is 24.9 Å². The molecule has 1 fully saturated rings. The molecule has 2 atom stereocenters. The average molecular weight is 347 g/mol. The normalized spacial score (nSPS) is 21.6. The maximum absolute atomic E-state index is 12.3. The van der Waals surface area contributed by atoms with Gasteiger partial charge in [-0.2, -0.15) is 4.98 Å². The summed E-state index contributed by atoms with van der Waals surface area (Å²) in [4.78, 5) is 23.2. The van der Waals surface area contributed by atoms with Crippen molar-refractivity contribution in [2.45, 2.75) is 19.1 Å². The molecule has 0 aliphatic carbocycles. The molecule has 0 unspecified atom stereocenters. The Morgan fingerprint density at radius 3 is 2.84 bits per heavy atom. The number of methoxy groups -OCH3 is 2. The second-order valence-electron chi connectivity index (χ2n) is 6.40. The van der Waals surface area contributed by atoms with Crippen molar-refractivity contribution in [2.24, 2.45) is 11.7 Å². The van der Waals surface area contributed by atoms with Gasteiger partial charge in [-0.1, -0.05) is 0 Å². The van der Waals surface area contributed by atoms with E-state index >= 15 is 0 Å². The molecule has 136 valence electrons. The predicted molar refractivity (Wildman–Crippen MR) is 94.7 cm³/mol. The molecule has 25 heavy (non-hydrogen) atoms. The van der Waals surface area contributed by atoms with Crippen molar-refractivity contribution in [3.05, 3.63) is 28.7 Å². The number of hydrogen-bond donors (Lipinski definition) is 1. The summed E-state index contributed by atoms with van der Waals surface area (Å²) in [6, 6.07) is 3.55. The van der Waals surface area contributed by atoms with Crippen molar-refractivity contribution in [3.8, 4) is 5.88 Å². The summed E-state index contributed by atoms with van der Waals surface area (Å²) in [7, 11) is 3.29. The van der Waals surface area contributed by atoms with Crippen LogP contribution in [0.5, 0.6) is 5.88 Å². The fourth-order valence-corrected chi connectivity index (χ4v) is 3.37. The third-order valence-electron chi connectivity index (χ3n) is 4.75. The van der Waals surface area contributed by atoms with Crippen LogP contribution in [-0.2, 0) is 11.3 Å². The van der Waals surface area contributed by atoms with Gasteiger partial charge in [0, 0.05) is 39.4 Å². The van der Waals surface area contributed by atoms with Gasteiger partial charge in [0.1, 0.15) is 5.52 Å². The van der Waals surface area contributed by atoms with Crippen molar-refractivity contribution in [2.75, 3.05) is 40.4 Å². The molecule has 2 aromatic heterocycles. The minimum absolute atomic E-state index is 0.163. The van der Waals surface area contributed by atoms with Crippen LogP contribution in [0.3, 0.4) is 0 Å². The molecule has 8 nitrogen and oxygen atoms in total. The Kier molecular flexibility index (Phi) is 5.62. The minimum atomic E-state index is -0.163. The van der Waals surface area contributed by atoms with Crippen LogP contribution in [0.4, 0.5) is 0 Å². The van der Waals surface area contributed by atoms with Crippen LogP contribution in [0, 0.1) is 5.92 Å². The Morgan fingerprint density at radius 1 is 1.28 bits per heavy atom. The lowest BCUT2D eigenvalue weighted by atomic mass is 9.96. The van der Waals surface area contributed by atoms with E-state index in [9.17, 15) is 4.79 Å². The average Bonchev–Trinajstić information content (AvgIpc) is 2.66. The largest absolute Gasteiger partial charge is 0.481 e. The highest BCUT2D eigenvalue weighted by atomic mass is 16.5. The minimum Gasteiger partial charge on any atom is -0.481 e. The molecule has 0 bridgehead atoms. The number of aromatic nitrogens is 3. The smallest absolute Gasteiger partial charge is 0.270 e. The monoisotopic (exact) mass is 347 g/mol. The lowest BCUT2D eigenvalue weighted by Gasteiger charge is -2.36. The van der Waals surface area contributed by atoms with Gasteiger partial charge in [-0.25, -0.2) is 4.98 Å². The first-order valence-electron chi connectivity index (χ1n) is 8.50. The summed E-state index contributed by atoms with van der Waals surface area (Å²) in [6.45, 7) is 3.68. The molecule has 2 aromatic rings. The van der Waals surface area contributed by atoms with Crippen molar-refractivity contribution in [1.82, 2.24) is 19.4 Å². The molecule has 0 aromatic carbocycles. The molecule has 1 aliphatic rings. The summed E-state index contributed by atoms with van der Waals surface area (Å²) in [5.41, 5.74) is 6.91. The summed E-state index contributed by atoms with van der Waals surface area (Å²) >= 11 is 0. The van der Waals surface area contributed by atoms with E-state index in [1.807, 2.05) is 6.07 Å². The van der Waals surface area contributed by atoms with Crippen LogP contribution in [0.2, 0.25) is 0 Å². The molecule has 8 heteroatoms. The molecule has 3 heterocycles. The fourth-order valence-electron chi connectivity index (χ4n) is 3.37. The fraction of sp³-hybridized carbons (Fsp3) is 0.588. The number of hydrogen-bond acceptors (Lipinski definition) is 7. The first-order chi connectivity index (χ1) is 12.1. The van der Waals surface area contributed by atoms with Crippen LogP contribution in [0.25, 0.3) is 11.2 Å². The molecule has 2 N–H and O–H groups in total. The highest BCUT2D eigenvalue weighted by Gasteiger charge is 2.26. The van der Waals surface area contributed by atoms with E-state index in [1.54, 1.807) is 24.9 Å². The number of nitrogens with two attached hydrogens (primary N) is 1. The number of fused-ring (bicyclic) bond motifs is 1. The molecular weight excluding hydrogens is 322 g/mol. The maximum Gasteiger partial charge on any atom is 0.270 e.